The molecule has 0 fully saturated rings. The highest BCUT2D eigenvalue weighted by Gasteiger charge is 2.23. The second kappa shape index (κ2) is 7.66. The number of halogens is 1. The van der Waals surface area contributed by atoms with Crippen LogP contribution in [0, 0.1) is 6.92 Å². The molecule has 0 aliphatic rings. The molecule has 0 aliphatic heterocycles. The number of rotatable bonds is 5. The molecule has 8 heteroatoms. The van der Waals surface area contributed by atoms with E-state index in [4.69, 9.17) is 16.0 Å². The van der Waals surface area contributed by atoms with Crippen molar-refractivity contribution >= 4 is 17.5 Å². The number of hydrogen-bond acceptors (Lipinski definition) is 5. The van der Waals surface area contributed by atoms with Crippen LogP contribution in [-0.4, -0.2) is 25.9 Å². The molecule has 0 bridgehead atoms. The van der Waals surface area contributed by atoms with Crippen molar-refractivity contribution in [2.75, 3.05) is 0 Å². The van der Waals surface area contributed by atoms with Crippen LogP contribution in [-0.2, 0) is 6.54 Å². The van der Waals surface area contributed by atoms with Gasteiger partial charge < -0.3 is 9.73 Å². The van der Waals surface area contributed by atoms with Gasteiger partial charge in [-0.3, -0.25) is 9.78 Å². The van der Waals surface area contributed by atoms with Crippen LogP contribution in [0.15, 0.2) is 65.3 Å². The van der Waals surface area contributed by atoms with Crippen molar-refractivity contribution < 1.29 is 9.21 Å². The molecule has 7 nitrogen and oxygen atoms in total. The Labute approximate surface area is 166 Å². The fourth-order valence-corrected chi connectivity index (χ4v) is 3.04. The van der Waals surface area contributed by atoms with E-state index in [0.29, 0.717) is 22.2 Å². The van der Waals surface area contributed by atoms with Crippen LogP contribution in [0.5, 0.6) is 0 Å². The number of hydrogen-bond donors (Lipinski definition) is 1. The van der Waals surface area contributed by atoms with Gasteiger partial charge in [0.2, 0.25) is 0 Å². The largest absolute Gasteiger partial charge is 0.465 e. The first-order chi connectivity index (χ1) is 13.6. The third-order valence-corrected chi connectivity index (χ3v) is 4.46. The minimum atomic E-state index is -0.362. The maximum Gasteiger partial charge on any atom is 0.274 e. The first kappa shape index (κ1) is 17.9. The Morgan fingerprint density at radius 1 is 1.14 bits per heavy atom. The summed E-state index contributed by atoms with van der Waals surface area (Å²) in [4.78, 5) is 16.9. The average molecular weight is 394 g/mol. The van der Waals surface area contributed by atoms with Gasteiger partial charge in [0.1, 0.15) is 17.2 Å². The Morgan fingerprint density at radius 2 is 1.93 bits per heavy atom. The third kappa shape index (κ3) is 3.52. The van der Waals surface area contributed by atoms with Gasteiger partial charge in [-0.1, -0.05) is 28.9 Å². The zero-order valence-electron chi connectivity index (χ0n) is 15.0. The van der Waals surface area contributed by atoms with E-state index in [2.05, 4.69) is 20.6 Å². The lowest BCUT2D eigenvalue weighted by Gasteiger charge is -2.09. The normalized spacial score (nSPS) is 10.8. The van der Waals surface area contributed by atoms with Crippen LogP contribution in [0.3, 0.4) is 0 Å². The molecule has 1 N–H and O–H groups in total. The molecule has 0 aliphatic carbocycles. The number of carbonyl (C=O) groups is 1. The van der Waals surface area contributed by atoms with E-state index in [1.165, 1.54) is 0 Å². The Kier molecular flexibility index (Phi) is 4.90. The first-order valence-electron chi connectivity index (χ1n) is 8.58. The van der Waals surface area contributed by atoms with Crippen molar-refractivity contribution in [3.63, 3.8) is 0 Å². The molecule has 3 aromatic heterocycles. The van der Waals surface area contributed by atoms with Gasteiger partial charge in [0.25, 0.3) is 5.91 Å². The SMILES string of the molecule is Cc1ccc(CNC(=O)c2nnn(-c3ccccc3Cl)c2-c2ccncc2)o1. The molecule has 0 spiro atoms. The number of aryl methyl sites for hydroxylation is 1. The van der Waals surface area contributed by atoms with Gasteiger partial charge in [0, 0.05) is 18.0 Å². The Balaban J connectivity index is 1.73. The third-order valence-electron chi connectivity index (χ3n) is 4.14. The fourth-order valence-electron chi connectivity index (χ4n) is 2.83. The van der Waals surface area contributed by atoms with Crippen molar-refractivity contribution in [1.82, 2.24) is 25.3 Å². The van der Waals surface area contributed by atoms with Crippen LogP contribution in [0.4, 0.5) is 0 Å². The number of nitrogens with one attached hydrogen (secondary N) is 1. The van der Waals surface area contributed by atoms with Crippen molar-refractivity contribution in [1.29, 1.82) is 0 Å². The molecule has 3 heterocycles. The Hall–Kier alpha value is -3.45. The zero-order chi connectivity index (χ0) is 19.5. The van der Waals surface area contributed by atoms with E-state index in [0.717, 1.165) is 11.3 Å². The van der Waals surface area contributed by atoms with E-state index in [1.807, 2.05) is 37.3 Å². The van der Waals surface area contributed by atoms with Gasteiger partial charge in [0.15, 0.2) is 5.69 Å². The zero-order valence-corrected chi connectivity index (χ0v) is 15.7. The minimum Gasteiger partial charge on any atom is -0.465 e. The Morgan fingerprint density at radius 3 is 2.64 bits per heavy atom. The quantitative estimate of drug-likeness (QED) is 0.557. The smallest absolute Gasteiger partial charge is 0.274 e. The highest BCUT2D eigenvalue weighted by molar-refractivity contribution is 6.32. The van der Waals surface area contributed by atoms with Crippen LogP contribution in [0.1, 0.15) is 22.0 Å². The molecule has 1 amide bonds. The minimum absolute atomic E-state index is 0.189. The van der Waals surface area contributed by atoms with Crippen LogP contribution in [0.2, 0.25) is 5.02 Å². The van der Waals surface area contributed by atoms with Crippen LogP contribution >= 0.6 is 11.6 Å². The summed E-state index contributed by atoms with van der Waals surface area (Å²) in [5.74, 6) is 1.08. The van der Waals surface area contributed by atoms with E-state index in [1.54, 1.807) is 35.3 Å². The van der Waals surface area contributed by atoms with Gasteiger partial charge in [-0.25, -0.2) is 4.68 Å². The lowest BCUT2D eigenvalue weighted by Crippen LogP contribution is -2.23. The highest BCUT2D eigenvalue weighted by atomic mass is 35.5. The molecule has 0 radical (unpaired) electrons. The van der Waals surface area contributed by atoms with E-state index < -0.39 is 0 Å². The molecule has 0 saturated carbocycles. The standard InChI is InChI=1S/C20H16ClN5O2/c1-13-6-7-15(28-13)12-23-20(27)18-19(14-8-10-22-11-9-14)26(25-24-18)17-5-3-2-4-16(17)21/h2-11H,12H2,1H3,(H,23,27). The monoisotopic (exact) mass is 393 g/mol. The summed E-state index contributed by atoms with van der Waals surface area (Å²) in [6, 6.07) is 14.5. The number of para-hydroxylation sites is 1. The molecule has 0 unspecified atom stereocenters. The van der Waals surface area contributed by atoms with E-state index >= 15 is 0 Å². The maximum absolute atomic E-state index is 12.8. The summed E-state index contributed by atoms with van der Waals surface area (Å²) < 4.78 is 7.05. The van der Waals surface area contributed by atoms with Crippen molar-refractivity contribution in [2.45, 2.75) is 13.5 Å². The molecule has 140 valence electrons. The molecule has 28 heavy (non-hydrogen) atoms. The molecule has 4 rings (SSSR count). The molecular formula is C20H16ClN5O2. The van der Waals surface area contributed by atoms with Gasteiger partial charge in [-0.15, -0.1) is 5.10 Å². The van der Waals surface area contributed by atoms with Gasteiger partial charge in [0.05, 0.1) is 17.3 Å². The predicted molar refractivity (Wildman–Crippen MR) is 104 cm³/mol. The summed E-state index contributed by atoms with van der Waals surface area (Å²) in [5.41, 5.74) is 2.10. The lowest BCUT2D eigenvalue weighted by molar-refractivity contribution is 0.0943. The van der Waals surface area contributed by atoms with E-state index in [-0.39, 0.29) is 18.1 Å². The lowest BCUT2D eigenvalue weighted by atomic mass is 10.1. The molecule has 0 atom stereocenters. The number of benzene rings is 1. The number of aromatic nitrogens is 4. The first-order valence-corrected chi connectivity index (χ1v) is 8.96. The van der Waals surface area contributed by atoms with Crippen LogP contribution < -0.4 is 5.32 Å². The number of carbonyl (C=O) groups excluding carboxylic acids is 1. The summed E-state index contributed by atoms with van der Waals surface area (Å²) in [6.07, 6.45) is 3.29. The summed E-state index contributed by atoms with van der Waals surface area (Å²) in [5, 5.41) is 11.6. The summed E-state index contributed by atoms with van der Waals surface area (Å²) in [6.45, 7) is 2.10. The number of pyridine rings is 1. The number of nitrogens with zero attached hydrogens (tertiary/aromatic N) is 4. The topological polar surface area (TPSA) is 85.8 Å². The van der Waals surface area contributed by atoms with Gasteiger partial charge in [-0.2, -0.15) is 0 Å². The average Bonchev–Trinajstić information content (AvgIpc) is 3.33. The molecule has 0 saturated heterocycles. The summed E-state index contributed by atoms with van der Waals surface area (Å²) in [7, 11) is 0. The van der Waals surface area contributed by atoms with Crippen molar-refractivity contribution in [3.8, 4) is 16.9 Å². The van der Waals surface area contributed by atoms with Gasteiger partial charge >= 0.3 is 0 Å². The second-order valence-corrected chi connectivity index (χ2v) is 6.49. The highest BCUT2D eigenvalue weighted by Crippen LogP contribution is 2.28. The Bertz CT molecular complexity index is 1120. The van der Waals surface area contributed by atoms with Crippen LogP contribution in [0.25, 0.3) is 16.9 Å². The predicted octanol–water partition coefficient (Wildman–Crippen LogP) is 3.81. The van der Waals surface area contributed by atoms with Crippen molar-refractivity contribution in [3.05, 3.63) is 83.2 Å². The second-order valence-electron chi connectivity index (χ2n) is 6.08. The van der Waals surface area contributed by atoms with E-state index in [9.17, 15) is 4.79 Å². The number of furan rings is 1. The number of amides is 1. The summed E-state index contributed by atoms with van der Waals surface area (Å²) >= 11 is 6.34. The molecular weight excluding hydrogens is 378 g/mol. The molecule has 1 aromatic carbocycles. The maximum atomic E-state index is 12.8. The fraction of sp³-hybridized carbons (Fsp3) is 0.100. The van der Waals surface area contributed by atoms with Gasteiger partial charge in [-0.05, 0) is 43.3 Å². The van der Waals surface area contributed by atoms with Crippen molar-refractivity contribution in [2.24, 2.45) is 0 Å². The molecule has 4 aromatic rings.